The number of carboxylic acid groups (broad SMARTS) is 1. The maximum absolute atomic E-state index is 11.7. The second-order valence-electron chi connectivity index (χ2n) is 8.46. The van der Waals surface area contributed by atoms with Crippen molar-refractivity contribution in [2.75, 3.05) is 13.2 Å². The van der Waals surface area contributed by atoms with Crippen molar-refractivity contribution in [3.63, 3.8) is 0 Å². The van der Waals surface area contributed by atoms with Gasteiger partial charge in [0.2, 0.25) is 0 Å². The van der Waals surface area contributed by atoms with Crippen LogP contribution < -0.4 is 4.74 Å². The molecule has 1 unspecified atom stereocenters. The minimum Gasteiger partial charge on any atom is -0.490 e. The molecule has 4 aromatic rings. The van der Waals surface area contributed by atoms with E-state index in [2.05, 4.69) is 15.5 Å². The van der Waals surface area contributed by atoms with E-state index in [1.807, 2.05) is 31.2 Å². The van der Waals surface area contributed by atoms with E-state index in [1.165, 1.54) is 4.52 Å². The van der Waals surface area contributed by atoms with Crippen LogP contribution >= 0.6 is 10.8 Å². The van der Waals surface area contributed by atoms with Crippen LogP contribution in [0.25, 0.3) is 5.65 Å². The van der Waals surface area contributed by atoms with E-state index in [9.17, 15) is 19.0 Å². The van der Waals surface area contributed by atoms with Gasteiger partial charge in [0.05, 0.1) is 13.0 Å². The predicted molar refractivity (Wildman–Crippen MR) is 130 cm³/mol. The first-order valence-electron chi connectivity index (χ1n) is 11.1. The molecular weight excluding hydrogens is 470 g/mol. The summed E-state index contributed by atoms with van der Waals surface area (Å²) < 4.78 is 31.2. The molecule has 0 bridgehead atoms. The van der Waals surface area contributed by atoms with Crippen LogP contribution in [-0.2, 0) is 11.3 Å². The molecule has 10 nitrogen and oxygen atoms in total. The van der Waals surface area contributed by atoms with Gasteiger partial charge in [-0.3, -0.25) is 13.9 Å². The molecule has 0 fully saturated rings. The van der Waals surface area contributed by atoms with Gasteiger partial charge < -0.3 is 9.84 Å². The van der Waals surface area contributed by atoms with Gasteiger partial charge in [-0.1, -0.05) is 30.3 Å². The molecule has 35 heavy (non-hydrogen) atoms. The molecule has 5 rings (SSSR count). The SMILES string of the molecule is Cc1ccc(C(CC(=O)O)c2ccn3nnnc3c2)cc1CN1CCOc2ccccc2S1(O)O. The third kappa shape index (κ3) is 4.58. The van der Waals surface area contributed by atoms with Crippen LogP contribution in [0.1, 0.15) is 34.6 Å². The van der Waals surface area contributed by atoms with Crippen LogP contribution in [-0.4, -0.2) is 57.7 Å². The zero-order valence-corrected chi connectivity index (χ0v) is 19.8. The number of aromatic nitrogens is 4. The van der Waals surface area contributed by atoms with Gasteiger partial charge in [0.15, 0.2) is 5.65 Å². The Bertz CT molecular complexity index is 1390. The van der Waals surface area contributed by atoms with Crippen LogP contribution in [0.5, 0.6) is 5.75 Å². The van der Waals surface area contributed by atoms with Crippen LogP contribution in [0.3, 0.4) is 0 Å². The highest BCUT2D eigenvalue weighted by Gasteiger charge is 2.31. The van der Waals surface area contributed by atoms with Crippen LogP contribution in [0.2, 0.25) is 0 Å². The lowest BCUT2D eigenvalue weighted by Crippen LogP contribution is -2.29. The maximum Gasteiger partial charge on any atom is 0.304 e. The van der Waals surface area contributed by atoms with E-state index < -0.39 is 22.7 Å². The molecule has 0 radical (unpaired) electrons. The van der Waals surface area contributed by atoms with Gasteiger partial charge in [0.1, 0.15) is 17.3 Å². The first-order valence-corrected chi connectivity index (χ1v) is 12.6. The standard InChI is InChI=1S/C24H25N5O5S/c1-16-6-7-17(20(14-24(30)31)18-8-9-29-23(13-18)25-26-27-29)12-19(16)15-28-10-11-34-21-4-2-3-5-22(21)35(28,32)33/h2-9,12-13,20,32-33H,10-11,14-15H2,1H3,(H,30,31). The topological polar surface area (TPSA) is 133 Å². The third-order valence-corrected chi connectivity index (χ3v) is 8.19. The number of pyridine rings is 1. The number of tetrazole rings is 1. The lowest BCUT2D eigenvalue weighted by Gasteiger charge is -2.41. The third-order valence-electron chi connectivity index (χ3n) is 6.23. The molecule has 3 N–H and O–H groups in total. The van der Waals surface area contributed by atoms with E-state index in [4.69, 9.17) is 4.74 Å². The van der Waals surface area contributed by atoms with E-state index in [0.717, 1.165) is 22.3 Å². The molecule has 0 spiro atoms. The average molecular weight is 496 g/mol. The number of nitrogens with zero attached hydrogens (tertiary/aromatic N) is 5. The van der Waals surface area contributed by atoms with Crippen molar-refractivity contribution in [3.05, 3.63) is 83.0 Å². The van der Waals surface area contributed by atoms with Gasteiger partial charge in [-0.25, -0.2) is 4.52 Å². The molecule has 0 saturated heterocycles. The fourth-order valence-electron chi connectivity index (χ4n) is 4.33. The zero-order chi connectivity index (χ0) is 24.6. The fraction of sp³-hybridized carbons (Fsp3) is 0.250. The number of aryl methyl sites for hydroxylation is 1. The van der Waals surface area contributed by atoms with Gasteiger partial charge in [0.25, 0.3) is 0 Å². The number of ether oxygens (including phenoxy) is 1. The fourth-order valence-corrected chi connectivity index (χ4v) is 5.92. The molecule has 3 heterocycles. The Morgan fingerprint density at radius 1 is 1.14 bits per heavy atom. The zero-order valence-electron chi connectivity index (χ0n) is 19.0. The summed E-state index contributed by atoms with van der Waals surface area (Å²) in [7, 11) is -3.27. The van der Waals surface area contributed by atoms with Crippen molar-refractivity contribution in [1.29, 1.82) is 0 Å². The van der Waals surface area contributed by atoms with Crippen molar-refractivity contribution < 1.29 is 23.7 Å². The van der Waals surface area contributed by atoms with Crippen molar-refractivity contribution in [1.82, 2.24) is 24.3 Å². The number of aliphatic carboxylic acids is 1. The Balaban J connectivity index is 1.50. The summed E-state index contributed by atoms with van der Waals surface area (Å²) >= 11 is 0. The highest BCUT2D eigenvalue weighted by molar-refractivity contribution is 8.22. The largest absolute Gasteiger partial charge is 0.490 e. The summed E-state index contributed by atoms with van der Waals surface area (Å²) in [5.74, 6) is -0.880. The summed E-state index contributed by atoms with van der Waals surface area (Å²) in [6.07, 6.45) is 1.60. The van der Waals surface area contributed by atoms with Crippen molar-refractivity contribution in [2.45, 2.75) is 30.7 Å². The molecule has 11 heteroatoms. The average Bonchev–Trinajstić information content (AvgIpc) is 3.26. The minimum atomic E-state index is -3.27. The molecule has 0 saturated carbocycles. The minimum absolute atomic E-state index is 0.111. The highest BCUT2D eigenvalue weighted by Crippen LogP contribution is 2.56. The summed E-state index contributed by atoms with van der Waals surface area (Å²) in [4.78, 5) is 12.1. The lowest BCUT2D eigenvalue weighted by molar-refractivity contribution is -0.137. The summed E-state index contributed by atoms with van der Waals surface area (Å²) in [5, 5.41) is 21.1. The first kappa shape index (κ1) is 23.2. The number of rotatable bonds is 6. The number of carbonyl (C=O) groups is 1. The van der Waals surface area contributed by atoms with Crippen LogP contribution in [0.4, 0.5) is 0 Å². The molecule has 1 atom stereocenters. The summed E-state index contributed by atoms with van der Waals surface area (Å²) in [6.45, 7) is 2.87. The molecule has 2 aromatic heterocycles. The molecule has 0 amide bonds. The second kappa shape index (κ2) is 9.27. The van der Waals surface area contributed by atoms with Gasteiger partial charge in [-0.2, -0.15) is 4.31 Å². The monoisotopic (exact) mass is 495 g/mol. The number of hydrogen-bond donors (Lipinski definition) is 3. The summed E-state index contributed by atoms with van der Waals surface area (Å²) in [6, 6.07) is 16.4. The Morgan fingerprint density at radius 3 is 2.77 bits per heavy atom. The van der Waals surface area contributed by atoms with Crippen molar-refractivity contribution in [3.8, 4) is 5.75 Å². The Kier molecular flexibility index (Phi) is 6.15. The molecule has 182 valence electrons. The van der Waals surface area contributed by atoms with Crippen LogP contribution in [0, 0.1) is 6.92 Å². The van der Waals surface area contributed by atoms with Gasteiger partial charge in [0, 0.05) is 18.7 Å². The van der Waals surface area contributed by atoms with Gasteiger partial charge in [-0.15, -0.1) is 15.9 Å². The molecule has 2 aromatic carbocycles. The van der Waals surface area contributed by atoms with Crippen molar-refractivity contribution in [2.24, 2.45) is 0 Å². The van der Waals surface area contributed by atoms with Crippen LogP contribution in [0.15, 0.2) is 65.7 Å². The summed E-state index contributed by atoms with van der Waals surface area (Å²) in [5.41, 5.74) is 3.97. The maximum atomic E-state index is 11.7. The molecule has 1 aliphatic heterocycles. The predicted octanol–water partition coefficient (Wildman–Crippen LogP) is 3.96. The molecule has 1 aliphatic rings. The number of carboxylic acids is 1. The highest BCUT2D eigenvalue weighted by atomic mass is 32.3. The number of fused-ring (bicyclic) bond motifs is 2. The number of benzene rings is 2. The molecular formula is C24H25N5O5S. The van der Waals surface area contributed by atoms with E-state index in [1.54, 1.807) is 40.8 Å². The smallest absolute Gasteiger partial charge is 0.304 e. The van der Waals surface area contributed by atoms with E-state index >= 15 is 0 Å². The Labute approximate surface area is 203 Å². The molecule has 0 aliphatic carbocycles. The van der Waals surface area contributed by atoms with E-state index in [0.29, 0.717) is 29.4 Å². The second-order valence-corrected chi connectivity index (χ2v) is 10.4. The first-order chi connectivity index (χ1) is 16.8. The number of para-hydroxylation sites is 1. The van der Waals surface area contributed by atoms with E-state index in [-0.39, 0.29) is 13.0 Å². The number of hydrogen-bond acceptors (Lipinski definition) is 8. The Hall–Kier alpha value is -3.51. The Morgan fingerprint density at radius 2 is 1.94 bits per heavy atom. The van der Waals surface area contributed by atoms with Crippen molar-refractivity contribution >= 4 is 22.4 Å². The van der Waals surface area contributed by atoms with Gasteiger partial charge >= 0.3 is 5.97 Å². The lowest BCUT2D eigenvalue weighted by atomic mass is 9.87. The quantitative estimate of drug-likeness (QED) is 0.363. The van der Waals surface area contributed by atoms with Gasteiger partial charge in [-0.05, 0) is 63.9 Å². The normalized spacial score (nSPS) is 17.2.